The Bertz CT molecular complexity index is 1600. The van der Waals surface area contributed by atoms with E-state index in [9.17, 15) is 34.5 Å². The van der Waals surface area contributed by atoms with E-state index in [4.69, 9.17) is 15.4 Å². The largest absolute Gasteiger partial charge is 3.00 e. The van der Waals surface area contributed by atoms with Gasteiger partial charge in [-0.05, 0) is 48.7 Å². The number of fused-ring (bicyclic) bond motifs is 3. The van der Waals surface area contributed by atoms with Gasteiger partial charge in [-0.25, -0.2) is 4.79 Å². The summed E-state index contributed by atoms with van der Waals surface area (Å²) in [6.45, 7) is 1.20. The van der Waals surface area contributed by atoms with Crippen LogP contribution in [0.1, 0.15) is 44.5 Å². The van der Waals surface area contributed by atoms with Crippen molar-refractivity contribution < 1.29 is 48.9 Å². The molecule has 0 unspecified atom stereocenters. The number of ether oxygens (including phenoxy) is 1. The first-order valence-corrected chi connectivity index (χ1v) is 12.0. The second-order valence-corrected chi connectivity index (χ2v) is 8.58. The number of rotatable bonds is 5. The van der Waals surface area contributed by atoms with Crippen molar-refractivity contribution in [3.8, 4) is 22.8 Å². The van der Waals surface area contributed by atoms with Crippen molar-refractivity contribution in [1.29, 1.82) is 0 Å². The summed E-state index contributed by atoms with van der Waals surface area (Å²) in [5.74, 6) is -4.11. The molecule has 0 saturated carbocycles. The van der Waals surface area contributed by atoms with Crippen molar-refractivity contribution in [3.05, 3.63) is 94.7 Å². The van der Waals surface area contributed by atoms with Crippen molar-refractivity contribution in [1.82, 2.24) is 5.16 Å². The van der Waals surface area contributed by atoms with E-state index in [0.717, 1.165) is 30.0 Å². The average Bonchev–Trinajstić information content (AvgIpc) is 3.31. The number of aryl methyl sites for hydroxylation is 1. The van der Waals surface area contributed by atoms with E-state index in [-0.39, 0.29) is 46.3 Å². The van der Waals surface area contributed by atoms with Crippen LogP contribution in [0.5, 0.6) is 11.5 Å². The third-order valence-electron chi connectivity index (χ3n) is 5.68. The van der Waals surface area contributed by atoms with E-state index < -0.39 is 29.6 Å². The van der Waals surface area contributed by atoms with Gasteiger partial charge in [0.1, 0.15) is 5.75 Å². The number of aromatic nitrogens is 1. The van der Waals surface area contributed by atoms with E-state index in [1.807, 2.05) is 18.2 Å². The first kappa shape index (κ1) is 33.1. The molecule has 13 heteroatoms. The van der Waals surface area contributed by atoms with Gasteiger partial charge in [-0.3, -0.25) is 4.79 Å². The Kier molecular flexibility index (Phi) is 11.8. The number of nitrogens with two attached hydrogens (primary N) is 1. The number of aliphatic carboxylic acids is 1. The zero-order valence-electron chi connectivity index (χ0n) is 22.2. The fourth-order valence-corrected chi connectivity index (χ4v) is 3.90. The molecule has 3 N–H and O–H groups in total. The van der Waals surface area contributed by atoms with Gasteiger partial charge < -0.3 is 45.0 Å². The molecular formula is C29H23AlN2O10. The number of carboxylic acids is 3. The minimum Gasteiger partial charge on any atom is -0.872 e. The number of hydrogen-bond acceptors (Lipinski definition) is 11. The number of esters is 1. The molecule has 12 nitrogen and oxygen atoms in total. The third-order valence-corrected chi connectivity index (χ3v) is 5.68. The Morgan fingerprint density at radius 3 is 2.26 bits per heavy atom. The van der Waals surface area contributed by atoms with Gasteiger partial charge in [0, 0.05) is 41.7 Å². The van der Waals surface area contributed by atoms with E-state index in [0.29, 0.717) is 11.5 Å². The van der Waals surface area contributed by atoms with Crippen LogP contribution in [-0.2, 0) is 28.9 Å². The number of nitrogen functional groups attached to an aromatic ring is 1. The summed E-state index contributed by atoms with van der Waals surface area (Å²) in [7, 11) is 0. The molecule has 0 amide bonds. The number of para-hydroxylation sites is 1. The summed E-state index contributed by atoms with van der Waals surface area (Å²) in [6.07, 6.45) is 1.49. The molecule has 4 aromatic rings. The first-order chi connectivity index (χ1) is 19.5. The number of carbonyl (C=O) groups is 4. The predicted octanol–water partition coefficient (Wildman–Crippen LogP) is 0.368. The minimum absolute atomic E-state index is 0. The maximum atomic E-state index is 10.8. The number of hydrogen-bond donors (Lipinski definition) is 2. The predicted molar refractivity (Wildman–Crippen MR) is 143 cm³/mol. The van der Waals surface area contributed by atoms with Gasteiger partial charge in [-0.15, -0.1) is 0 Å². The van der Waals surface area contributed by atoms with Crippen molar-refractivity contribution in [2.75, 3.05) is 5.73 Å². The Morgan fingerprint density at radius 2 is 1.64 bits per heavy atom. The van der Waals surface area contributed by atoms with Crippen LogP contribution in [0.15, 0.2) is 71.3 Å². The second-order valence-electron chi connectivity index (χ2n) is 8.58. The molecule has 0 saturated heterocycles. The number of anilines is 1. The fraction of sp³-hybridized carbons (Fsp3) is 0.138. The number of aromatic carboxylic acids is 2. The second kappa shape index (κ2) is 15.0. The average molecular weight is 586 g/mol. The molecule has 1 aliphatic carbocycles. The van der Waals surface area contributed by atoms with E-state index in [1.165, 1.54) is 42.8 Å². The number of carboxylic acid groups (broad SMARTS) is 3. The molecule has 42 heavy (non-hydrogen) atoms. The van der Waals surface area contributed by atoms with Gasteiger partial charge in [0.15, 0.2) is 5.76 Å². The molecule has 3 aromatic carbocycles. The molecule has 0 atom stereocenters. The van der Waals surface area contributed by atoms with E-state index in [2.05, 4.69) is 16.0 Å². The topological polar surface area (TPSA) is 219 Å². The molecule has 212 valence electrons. The fourth-order valence-electron chi connectivity index (χ4n) is 3.90. The Labute approximate surface area is 250 Å². The smallest absolute Gasteiger partial charge is 0.872 e. The monoisotopic (exact) mass is 586 g/mol. The Morgan fingerprint density at radius 1 is 0.976 bits per heavy atom. The Balaban J connectivity index is 0.000000224. The van der Waals surface area contributed by atoms with E-state index >= 15 is 0 Å². The standard InChI is InChI=1S/C13H11NO3.C9H8O4.C7H7NO3.Al/c15-12(16)7-11-10-6-5-8-3-1-2-4-9(8)13(10)17-14-11;1-6(10)13-8-5-3-2-4-7(8)9(11)12;8-4-1-2-5(7(10)11)6(9)3-4;/h1-4H,5-7H2,(H,15,16);2-5H,1H3,(H,11,12);1-3,9H,8H2,(H,10,11);/q;;;+3/p-3. The van der Waals surface area contributed by atoms with Crippen LogP contribution in [0.4, 0.5) is 5.69 Å². The van der Waals surface area contributed by atoms with Crippen LogP contribution in [0.2, 0.25) is 0 Å². The molecule has 1 heterocycles. The normalized spacial score (nSPS) is 10.6. The zero-order chi connectivity index (χ0) is 30.1. The molecule has 1 aromatic heterocycles. The van der Waals surface area contributed by atoms with Crippen molar-refractivity contribution >= 4 is 46.9 Å². The van der Waals surface area contributed by atoms with Gasteiger partial charge in [0.25, 0.3) is 0 Å². The van der Waals surface area contributed by atoms with Crippen LogP contribution in [0, 0.1) is 0 Å². The maximum Gasteiger partial charge on any atom is 3.00 e. The molecule has 5 rings (SSSR count). The molecule has 0 fully saturated rings. The maximum absolute atomic E-state index is 10.8. The SMILES string of the molecule is CC(=O)Oc1ccccc1C(=O)[O-].Nc1ccc(C(=O)O)c([O-])c1.O=C([O-])Cc1noc2c1CCc1ccccc1-2.[Al+3]. The van der Waals surface area contributed by atoms with Crippen LogP contribution in [0.25, 0.3) is 11.3 Å². The van der Waals surface area contributed by atoms with Crippen molar-refractivity contribution in [2.24, 2.45) is 0 Å². The van der Waals surface area contributed by atoms with Crippen molar-refractivity contribution in [2.45, 2.75) is 26.2 Å². The number of carbonyl (C=O) groups excluding carboxylic acids is 3. The summed E-state index contributed by atoms with van der Waals surface area (Å²) < 4.78 is 9.92. The molecule has 0 spiro atoms. The molecule has 0 bridgehead atoms. The van der Waals surface area contributed by atoms with Gasteiger partial charge >= 0.3 is 29.3 Å². The van der Waals surface area contributed by atoms with Gasteiger partial charge in [-0.2, -0.15) is 0 Å². The van der Waals surface area contributed by atoms with Crippen LogP contribution >= 0.6 is 0 Å². The van der Waals surface area contributed by atoms with E-state index in [1.54, 1.807) is 6.07 Å². The molecule has 1 aliphatic rings. The summed E-state index contributed by atoms with van der Waals surface area (Å²) >= 11 is 0. The van der Waals surface area contributed by atoms with Gasteiger partial charge in [-0.1, -0.05) is 47.3 Å². The molecule has 0 radical (unpaired) electrons. The number of nitrogens with zero attached hydrogens (tertiary/aromatic N) is 1. The summed E-state index contributed by atoms with van der Waals surface area (Å²) in [6, 6.07) is 17.4. The minimum atomic E-state index is -1.36. The summed E-state index contributed by atoms with van der Waals surface area (Å²) in [4.78, 5) is 42.0. The zero-order valence-corrected chi connectivity index (χ0v) is 23.4. The molecule has 0 aliphatic heterocycles. The third kappa shape index (κ3) is 8.69. The summed E-state index contributed by atoms with van der Waals surface area (Å²) in [5, 5.41) is 44.2. The van der Waals surface area contributed by atoms with Crippen LogP contribution in [0.3, 0.4) is 0 Å². The van der Waals surface area contributed by atoms with Gasteiger partial charge in [0.05, 0.1) is 17.2 Å². The number of benzene rings is 3. The molecular weight excluding hydrogens is 563 g/mol. The Hall–Kier alpha value is -5.12. The van der Waals surface area contributed by atoms with Gasteiger partial charge in [0.2, 0.25) is 0 Å². The first-order valence-electron chi connectivity index (χ1n) is 12.0. The van der Waals surface area contributed by atoms with Crippen molar-refractivity contribution in [3.63, 3.8) is 0 Å². The summed E-state index contributed by atoms with van der Waals surface area (Å²) in [5.41, 5.74) is 8.78. The van der Waals surface area contributed by atoms with Crippen LogP contribution in [-0.4, -0.2) is 51.5 Å². The quantitative estimate of drug-likeness (QED) is 0.140. The van der Waals surface area contributed by atoms with Crippen LogP contribution < -0.4 is 25.8 Å².